The maximum atomic E-state index is 6.98. The van der Waals surface area contributed by atoms with Crippen molar-refractivity contribution in [2.75, 3.05) is 7.05 Å². The first kappa shape index (κ1) is 9.82. The predicted octanol–water partition coefficient (Wildman–Crippen LogP) is 2.23. The predicted molar refractivity (Wildman–Crippen MR) is 50.7 cm³/mol. The van der Waals surface area contributed by atoms with E-state index in [1.165, 1.54) is 6.21 Å². The van der Waals surface area contributed by atoms with E-state index in [9.17, 15) is 0 Å². The zero-order valence-electron chi connectivity index (χ0n) is 7.09. The van der Waals surface area contributed by atoms with E-state index < -0.39 is 0 Å². The number of allylic oxidation sites excluding steroid dienone is 3. The normalized spacial score (nSPS) is 12.0. The fourth-order valence-electron chi connectivity index (χ4n) is 0.646. The van der Waals surface area contributed by atoms with E-state index in [2.05, 4.69) is 18.5 Å². The molecule has 0 aromatic carbocycles. The van der Waals surface area contributed by atoms with Gasteiger partial charge in [-0.1, -0.05) is 25.7 Å². The average molecular weight is 150 g/mol. The lowest BCUT2D eigenvalue weighted by Gasteiger charge is -1.95. The lowest BCUT2D eigenvalue weighted by Crippen LogP contribution is -1.99. The van der Waals surface area contributed by atoms with Crippen LogP contribution in [0.25, 0.3) is 0 Å². The molecule has 0 aromatic heterocycles. The molecule has 0 unspecified atom stereocenters. The summed E-state index contributed by atoms with van der Waals surface area (Å²) in [7, 11) is 1.66. The Kier molecular flexibility index (Phi) is 4.99. The number of nitrogens with zero attached hydrogens (tertiary/aromatic N) is 1. The van der Waals surface area contributed by atoms with Crippen LogP contribution < -0.4 is 0 Å². The van der Waals surface area contributed by atoms with Crippen molar-refractivity contribution in [1.29, 1.82) is 5.41 Å². The van der Waals surface area contributed by atoms with Gasteiger partial charge in [0.05, 0.1) is 5.71 Å². The number of hydrogen-bond donors (Lipinski definition) is 1. The molecule has 1 N–H and O–H groups in total. The monoisotopic (exact) mass is 150 g/mol. The molecule has 0 saturated carbocycles. The SMILES string of the molecule is C=C(C=CCC)C(C=N)=NC. The van der Waals surface area contributed by atoms with Crippen LogP contribution in [0.1, 0.15) is 13.3 Å². The summed E-state index contributed by atoms with van der Waals surface area (Å²) >= 11 is 0. The van der Waals surface area contributed by atoms with Crippen molar-refractivity contribution in [1.82, 2.24) is 0 Å². The van der Waals surface area contributed by atoms with Gasteiger partial charge in [0.1, 0.15) is 0 Å². The summed E-state index contributed by atoms with van der Waals surface area (Å²) in [5.74, 6) is 0. The molecule has 0 aliphatic carbocycles. The van der Waals surface area contributed by atoms with Crippen molar-refractivity contribution in [2.24, 2.45) is 4.99 Å². The van der Waals surface area contributed by atoms with Gasteiger partial charge in [-0.25, -0.2) is 0 Å². The van der Waals surface area contributed by atoms with Crippen LogP contribution in [0.15, 0.2) is 29.3 Å². The summed E-state index contributed by atoms with van der Waals surface area (Å²) in [5.41, 5.74) is 1.43. The van der Waals surface area contributed by atoms with Crippen molar-refractivity contribution in [3.63, 3.8) is 0 Å². The zero-order valence-corrected chi connectivity index (χ0v) is 7.09. The Labute approximate surface area is 67.9 Å². The highest BCUT2D eigenvalue weighted by atomic mass is 14.7. The number of aliphatic imine (C=N–C) groups is 1. The molecule has 0 aliphatic rings. The number of hydrogen-bond acceptors (Lipinski definition) is 2. The Hall–Kier alpha value is -1.18. The molecule has 60 valence electrons. The fraction of sp³-hybridized carbons (Fsp3) is 0.333. The highest BCUT2D eigenvalue weighted by Gasteiger charge is 1.93. The van der Waals surface area contributed by atoms with Gasteiger partial charge in [-0.05, 0) is 12.0 Å². The molecule has 0 heterocycles. The van der Waals surface area contributed by atoms with E-state index >= 15 is 0 Å². The molecule has 0 fully saturated rings. The molecular weight excluding hydrogens is 136 g/mol. The topological polar surface area (TPSA) is 36.2 Å². The first-order valence-electron chi connectivity index (χ1n) is 3.59. The summed E-state index contributed by atoms with van der Waals surface area (Å²) in [6.07, 6.45) is 6.07. The second kappa shape index (κ2) is 5.59. The van der Waals surface area contributed by atoms with Gasteiger partial charge in [0.15, 0.2) is 0 Å². The minimum atomic E-state index is 0.634. The maximum absolute atomic E-state index is 6.98. The Bertz CT molecular complexity index is 200. The third-order valence-electron chi connectivity index (χ3n) is 1.26. The molecule has 0 aliphatic heterocycles. The highest BCUT2D eigenvalue weighted by Crippen LogP contribution is 1.96. The van der Waals surface area contributed by atoms with E-state index in [-0.39, 0.29) is 0 Å². The maximum Gasteiger partial charge on any atom is 0.0812 e. The number of nitrogens with one attached hydrogen (secondary N) is 1. The van der Waals surface area contributed by atoms with E-state index in [1.807, 2.05) is 12.2 Å². The second-order valence-corrected chi connectivity index (χ2v) is 2.09. The van der Waals surface area contributed by atoms with E-state index in [4.69, 9.17) is 5.41 Å². The van der Waals surface area contributed by atoms with Crippen LogP contribution >= 0.6 is 0 Å². The van der Waals surface area contributed by atoms with Crippen LogP contribution in [0, 0.1) is 5.41 Å². The molecule has 0 rings (SSSR count). The van der Waals surface area contributed by atoms with Gasteiger partial charge in [0.2, 0.25) is 0 Å². The summed E-state index contributed by atoms with van der Waals surface area (Å²) in [5, 5.41) is 6.98. The van der Waals surface area contributed by atoms with E-state index in [0.29, 0.717) is 5.71 Å². The molecule has 0 radical (unpaired) electrons. The minimum Gasteiger partial charge on any atom is -0.306 e. The lowest BCUT2D eigenvalue weighted by atomic mass is 10.2. The van der Waals surface area contributed by atoms with Crippen LogP contribution in [0.3, 0.4) is 0 Å². The Morgan fingerprint density at radius 2 is 2.27 bits per heavy atom. The van der Waals surface area contributed by atoms with Gasteiger partial charge in [-0.15, -0.1) is 0 Å². The molecule has 0 amide bonds. The van der Waals surface area contributed by atoms with Gasteiger partial charge in [-0.2, -0.15) is 0 Å². The first-order valence-corrected chi connectivity index (χ1v) is 3.59. The Morgan fingerprint density at radius 3 is 2.64 bits per heavy atom. The van der Waals surface area contributed by atoms with Crippen molar-refractivity contribution >= 4 is 11.9 Å². The molecule has 2 nitrogen and oxygen atoms in total. The molecule has 0 spiro atoms. The van der Waals surface area contributed by atoms with Crippen molar-refractivity contribution in [3.05, 3.63) is 24.3 Å². The third-order valence-corrected chi connectivity index (χ3v) is 1.26. The van der Waals surface area contributed by atoms with Crippen LogP contribution in [-0.4, -0.2) is 19.0 Å². The molecular formula is C9H14N2. The van der Waals surface area contributed by atoms with Gasteiger partial charge in [0, 0.05) is 13.3 Å². The van der Waals surface area contributed by atoms with Gasteiger partial charge >= 0.3 is 0 Å². The fourth-order valence-corrected chi connectivity index (χ4v) is 0.646. The minimum absolute atomic E-state index is 0.634. The van der Waals surface area contributed by atoms with Crippen molar-refractivity contribution in [2.45, 2.75) is 13.3 Å². The van der Waals surface area contributed by atoms with Gasteiger partial charge in [0.25, 0.3) is 0 Å². The molecule has 0 atom stereocenters. The van der Waals surface area contributed by atoms with Crippen molar-refractivity contribution < 1.29 is 0 Å². The summed E-state index contributed by atoms with van der Waals surface area (Å²) in [6.45, 7) is 5.82. The number of rotatable bonds is 4. The molecule has 11 heavy (non-hydrogen) atoms. The molecule has 0 bridgehead atoms. The van der Waals surface area contributed by atoms with Crippen LogP contribution in [-0.2, 0) is 0 Å². The molecule has 2 heteroatoms. The summed E-state index contributed by atoms with van der Waals surface area (Å²) in [4.78, 5) is 3.88. The highest BCUT2D eigenvalue weighted by molar-refractivity contribution is 6.37. The average Bonchev–Trinajstić information content (AvgIpc) is 2.03. The Balaban J connectivity index is 4.23. The zero-order chi connectivity index (χ0) is 8.69. The van der Waals surface area contributed by atoms with Crippen molar-refractivity contribution in [3.8, 4) is 0 Å². The summed E-state index contributed by atoms with van der Waals surface area (Å²) < 4.78 is 0. The van der Waals surface area contributed by atoms with Crippen LogP contribution in [0.4, 0.5) is 0 Å². The second-order valence-electron chi connectivity index (χ2n) is 2.09. The summed E-state index contributed by atoms with van der Waals surface area (Å²) in [6, 6.07) is 0. The third kappa shape index (κ3) is 3.50. The van der Waals surface area contributed by atoms with Gasteiger partial charge < -0.3 is 5.41 Å². The largest absolute Gasteiger partial charge is 0.306 e. The smallest absolute Gasteiger partial charge is 0.0812 e. The molecule has 0 saturated heterocycles. The standard InChI is InChI=1S/C9H14N2/c1-4-5-6-8(2)9(7-10)11-3/h5-7,10H,2,4H2,1,3H3. The Morgan fingerprint density at radius 1 is 1.64 bits per heavy atom. The molecule has 0 aromatic rings. The van der Waals surface area contributed by atoms with E-state index in [1.54, 1.807) is 7.05 Å². The van der Waals surface area contributed by atoms with Crippen LogP contribution in [0.2, 0.25) is 0 Å². The van der Waals surface area contributed by atoms with Crippen LogP contribution in [0.5, 0.6) is 0 Å². The first-order chi connectivity index (χ1) is 5.26. The quantitative estimate of drug-likeness (QED) is 0.471. The lowest BCUT2D eigenvalue weighted by molar-refractivity contribution is 1.22. The van der Waals surface area contributed by atoms with E-state index in [0.717, 1.165) is 12.0 Å². The van der Waals surface area contributed by atoms with Gasteiger partial charge in [-0.3, -0.25) is 4.99 Å².